The number of hydrogen-bond donors (Lipinski definition) is 1. The highest BCUT2D eigenvalue weighted by Gasteiger charge is 2.08. The number of rotatable bonds is 4. The van der Waals surface area contributed by atoms with Gasteiger partial charge in [0.15, 0.2) is 0 Å². The highest BCUT2D eigenvalue weighted by atomic mass is 16.5. The third kappa shape index (κ3) is 2.93. The monoisotopic (exact) mass is 296 g/mol. The van der Waals surface area contributed by atoms with Gasteiger partial charge in [-0.2, -0.15) is 0 Å². The maximum atomic E-state index is 12.1. The average molecular weight is 296 g/mol. The second-order valence-corrected chi connectivity index (χ2v) is 4.36. The summed E-state index contributed by atoms with van der Waals surface area (Å²) in [7, 11) is 1.52. The number of carbonyl (C=O) groups excluding carboxylic acids is 1. The number of nitrogens with zero attached hydrogens (tertiary/aromatic N) is 3. The van der Waals surface area contributed by atoms with Gasteiger partial charge in [-0.1, -0.05) is 0 Å². The zero-order chi connectivity index (χ0) is 15.4. The molecule has 0 bridgehead atoms. The van der Waals surface area contributed by atoms with E-state index in [-0.39, 0.29) is 5.91 Å². The molecule has 1 aromatic carbocycles. The molecule has 0 unspecified atom stereocenters. The molecule has 1 N–H and O–H groups in total. The van der Waals surface area contributed by atoms with Crippen LogP contribution in [-0.2, 0) is 0 Å². The first kappa shape index (κ1) is 13.7. The first-order valence-electron chi connectivity index (χ1n) is 6.44. The van der Waals surface area contributed by atoms with Gasteiger partial charge in [0.1, 0.15) is 0 Å². The van der Waals surface area contributed by atoms with E-state index in [4.69, 9.17) is 9.15 Å². The molecule has 3 rings (SSSR count). The van der Waals surface area contributed by atoms with Gasteiger partial charge in [0.25, 0.3) is 5.91 Å². The minimum Gasteiger partial charge on any atom is -0.481 e. The normalized spacial score (nSPS) is 10.2. The summed E-state index contributed by atoms with van der Waals surface area (Å²) in [6, 6.07) is 10.4. The third-order valence-corrected chi connectivity index (χ3v) is 2.96. The molecule has 0 radical (unpaired) electrons. The van der Waals surface area contributed by atoms with Crippen molar-refractivity contribution >= 4 is 11.6 Å². The van der Waals surface area contributed by atoms with Crippen molar-refractivity contribution in [1.29, 1.82) is 0 Å². The fourth-order valence-corrected chi connectivity index (χ4v) is 1.83. The first-order valence-corrected chi connectivity index (χ1v) is 6.44. The Bertz CT molecular complexity index is 752. The SMILES string of the molecule is COc1ccc(C(=O)Nc2ccc(-c3nnco3)cc2)cn1. The number of benzene rings is 1. The van der Waals surface area contributed by atoms with Crippen molar-refractivity contribution in [1.82, 2.24) is 15.2 Å². The van der Waals surface area contributed by atoms with Gasteiger partial charge < -0.3 is 14.5 Å². The number of carbonyl (C=O) groups is 1. The van der Waals surface area contributed by atoms with E-state index in [1.165, 1.54) is 19.7 Å². The van der Waals surface area contributed by atoms with E-state index in [2.05, 4.69) is 20.5 Å². The molecule has 0 fully saturated rings. The van der Waals surface area contributed by atoms with Gasteiger partial charge in [0.2, 0.25) is 18.2 Å². The van der Waals surface area contributed by atoms with Crippen LogP contribution in [0.1, 0.15) is 10.4 Å². The van der Waals surface area contributed by atoms with Gasteiger partial charge in [0, 0.05) is 23.5 Å². The predicted molar refractivity (Wildman–Crippen MR) is 78.5 cm³/mol. The predicted octanol–water partition coefficient (Wildman–Crippen LogP) is 2.39. The Kier molecular flexibility index (Phi) is 3.78. The molecule has 7 heteroatoms. The molecule has 0 aliphatic rings. The number of amides is 1. The molecule has 0 aliphatic carbocycles. The van der Waals surface area contributed by atoms with E-state index in [0.29, 0.717) is 23.0 Å². The van der Waals surface area contributed by atoms with Crippen LogP contribution in [0.2, 0.25) is 0 Å². The molecule has 1 amide bonds. The van der Waals surface area contributed by atoms with E-state index in [9.17, 15) is 4.79 Å². The lowest BCUT2D eigenvalue weighted by Crippen LogP contribution is -2.12. The Morgan fingerprint density at radius 3 is 2.59 bits per heavy atom. The Morgan fingerprint density at radius 1 is 1.18 bits per heavy atom. The lowest BCUT2D eigenvalue weighted by Gasteiger charge is -2.06. The minimum atomic E-state index is -0.249. The zero-order valence-electron chi connectivity index (χ0n) is 11.7. The van der Waals surface area contributed by atoms with Crippen LogP contribution in [-0.4, -0.2) is 28.2 Å². The van der Waals surface area contributed by atoms with E-state index >= 15 is 0 Å². The number of pyridine rings is 1. The van der Waals surface area contributed by atoms with Crippen LogP contribution in [0, 0.1) is 0 Å². The van der Waals surface area contributed by atoms with Crippen molar-refractivity contribution in [3.63, 3.8) is 0 Å². The average Bonchev–Trinajstić information content (AvgIpc) is 3.10. The molecule has 2 heterocycles. The van der Waals surface area contributed by atoms with Crippen molar-refractivity contribution in [3.05, 3.63) is 54.6 Å². The summed E-state index contributed by atoms with van der Waals surface area (Å²) in [6.45, 7) is 0. The smallest absolute Gasteiger partial charge is 0.257 e. The van der Waals surface area contributed by atoms with Crippen LogP contribution in [0.5, 0.6) is 5.88 Å². The fraction of sp³-hybridized carbons (Fsp3) is 0.0667. The molecular formula is C15H12N4O3. The van der Waals surface area contributed by atoms with Gasteiger partial charge in [-0.15, -0.1) is 10.2 Å². The molecule has 7 nitrogen and oxygen atoms in total. The van der Waals surface area contributed by atoms with Gasteiger partial charge in [0.05, 0.1) is 12.7 Å². The number of anilines is 1. The van der Waals surface area contributed by atoms with Crippen molar-refractivity contribution in [3.8, 4) is 17.3 Å². The quantitative estimate of drug-likeness (QED) is 0.795. The maximum absolute atomic E-state index is 12.1. The van der Waals surface area contributed by atoms with Gasteiger partial charge in [-0.25, -0.2) is 4.98 Å². The van der Waals surface area contributed by atoms with E-state index in [0.717, 1.165) is 5.56 Å². The molecule has 3 aromatic rings. The van der Waals surface area contributed by atoms with E-state index < -0.39 is 0 Å². The number of aromatic nitrogens is 3. The number of hydrogen-bond acceptors (Lipinski definition) is 6. The second kappa shape index (κ2) is 6.04. The molecule has 110 valence electrons. The largest absolute Gasteiger partial charge is 0.481 e. The summed E-state index contributed by atoms with van der Waals surface area (Å²) in [5.41, 5.74) is 1.88. The molecule has 0 aliphatic heterocycles. The van der Waals surface area contributed by atoms with Crippen molar-refractivity contribution in [2.24, 2.45) is 0 Å². The van der Waals surface area contributed by atoms with Crippen LogP contribution in [0.3, 0.4) is 0 Å². The summed E-state index contributed by atoms with van der Waals surface area (Å²) in [5.74, 6) is 0.637. The lowest BCUT2D eigenvalue weighted by molar-refractivity contribution is 0.102. The van der Waals surface area contributed by atoms with E-state index in [1.807, 2.05) is 0 Å². The van der Waals surface area contributed by atoms with Crippen LogP contribution in [0.25, 0.3) is 11.5 Å². The van der Waals surface area contributed by atoms with Gasteiger partial charge in [-0.05, 0) is 30.3 Å². The Labute approximate surface area is 126 Å². The molecule has 0 spiro atoms. The maximum Gasteiger partial charge on any atom is 0.257 e. The summed E-state index contributed by atoms with van der Waals surface area (Å²) in [4.78, 5) is 16.1. The Morgan fingerprint density at radius 2 is 2.00 bits per heavy atom. The van der Waals surface area contributed by atoms with Crippen molar-refractivity contribution < 1.29 is 13.9 Å². The zero-order valence-corrected chi connectivity index (χ0v) is 11.7. The van der Waals surface area contributed by atoms with Crippen LogP contribution in [0.4, 0.5) is 5.69 Å². The highest BCUT2D eigenvalue weighted by Crippen LogP contribution is 2.19. The number of nitrogens with one attached hydrogen (secondary N) is 1. The summed E-state index contributed by atoms with van der Waals surface area (Å²) in [5, 5.41) is 10.2. The molecule has 0 atom stereocenters. The fourth-order valence-electron chi connectivity index (χ4n) is 1.83. The lowest BCUT2D eigenvalue weighted by atomic mass is 10.2. The van der Waals surface area contributed by atoms with Gasteiger partial charge >= 0.3 is 0 Å². The van der Waals surface area contributed by atoms with Crippen LogP contribution >= 0.6 is 0 Å². The minimum absolute atomic E-state index is 0.249. The summed E-state index contributed by atoms with van der Waals surface area (Å²) < 4.78 is 10.1. The van der Waals surface area contributed by atoms with Gasteiger partial charge in [-0.3, -0.25) is 4.79 Å². The molecule has 22 heavy (non-hydrogen) atoms. The first-order chi connectivity index (χ1) is 10.8. The number of ether oxygens (including phenoxy) is 1. The Balaban J connectivity index is 1.71. The second-order valence-electron chi connectivity index (χ2n) is 4.36. The van der Waals surface area contributed by atoms with Crippen molar-refractivity contribution in [2.75, 3.05) is 12.4 Å². The standard InChI is InChI=1S/C15H12N4O3/c1-21-13-7-4-11(8-16-13)14(20)18-12-5-2-10(3-6-12)15-19-17-9-22-15/h2-9H,1H3,(H,18,20). The van der Waals surface area contributed by atoms with Crippen LogP contribution < -0.4 is 10.1 Å². The molecular weight excluding hydrogens is 284 g/mol. The highest BCUT2D eigenvalue weighted by molar-refractivity contribution is 6.04. The summed E-state index contributed by atoms with van der Waals surface area (Å²) in [6.07, 6.45) is 2.72. The molecule has 2 aromatic heterocycles. The molecule has 0 saturated heterocycles. The Hall–Kier alpha value is -3.22. The molecule has 0 saturated carbocycles. The topological polar surface area (TPSA) is 90.1 Å². The number of methoxy groups -OCH3 is 1. The third-order valence-electron chi connectivity index (χ3n) is 2.96. The summed E-state index contributed by atoms with van der Waals surface area (Å²) >= 11 is 0. The van der Waals surface area contributed by atoms with Crippen LogP contribution in [0.15, 0.2) is 53.4 Å². The van der Waals surface area contributed by atoms with Crippen molar-refractivity contribution in [2.45, 2.75) is 0 Å². The van der Waals surface area contributed by atoms with E-state index in [1.54, 1.807) is 36.4 Å².